The Morgan fingerprint density at radius 2 is 2.26 bits per heavy atom. The Morgan fingerprint density at radius 1 is 1.58 bits per heavy atom. The van der Waals surface area contributed by atoms with Gasteiger partial charge < -0.3 is 10.1 Å². The maximum absolute atomic E-state index is 12.0. The second-order valence-corrected chi connectivity index (χ2v) is 5.34. The van der Waals surface area contributed by atoms with Crippen LogP contribution in [0.2, 0.25) is 5.02 Å². The molecule has 0 radical (unpaired) electrons. The van der Waals surface area contributed by atoms with E-state index in [0.717, 1.165) is 0 Å². The average molecular weight is 285 g/mol. The first-order valence-corrected chi connectivity index (χ1v) is 6.09. The van der Waals surface area contributed by atoms with Crippen molar-refractivity contribution in [2.45, 2.75) is 6.92 Å². The molecule has 1 aliphatic rings. The van der Waals surface area contributed by atoms with Crippen LogP contribution in [0.3, 0.4) is 0 Å². The standard InChI is InChI=1S/C12H13ClN2O4/c1-12(6-19-7-12)5-14-11(16)9-3-2-8(13)4-10(9)15(17)18/h2-4H,5-7H2,1H3,(H,14,16). The molecule has 1 amide bonds. The zero-order valence-corrected chi connectivity index (χ0v) is 11.1. The van der Waals surface area contributed by atoms with Crippen molar-refractivity contribution in [3.63, 3.8) is 0 Å². The van der Waals surface area contributed by atoms with Crippen LogP contribution in [0.15, 0.2) is 18.2 Å². The van der Waals surface area contributed by atoms with E-state index in [0.29, 0.717) is 19.8 Å². The second kappa shape index (κ2) is 5.14. The Bertz CT molecular complexity index is 528. The van der Waals surface area contributed by atoms with Crippen molar-refractivity contribution in [1.82, 2.24) is 5.32 Å². The van der Waals surface area contributed by atoms with Gasteiger partial charge in [-0.2, -0.15) is 0 Å². The molecule has 1 aliphatic heterocycles. The Labute approximate surface area is 114 Å². The summed E-state index contributed by atoms with van der Waals surface area (Å²) in [5.41, 5.74) is -0.366. The summed E-state index contributed by atoms with van der Waals surface area (Å²) in [5.74, 6) is -0.475. The van der Waals surface area contributed by atoms with E-state index < -0.39 is 10.8 Å². The second-order valence-electron chi connectivity index (χ2n) is 4.90. The molecule has 0 aliphatic carbocycles. The molecule has 19 heavy (non-hydrogen) atoms. The van der Waals surface area contributed by atoms with E-state index in [2.05, 4.69) is 5.32 Å². The highest BCUT2D eigenvalue weighted by Crippen LogP contribution is 2.26. The summed E-state index contributed by atoms with van der Waals surface area (Å²) in [5, 5.41) is 13.8. The topological polar surface area (TPSA) is 81.5 Å². The molecule has 2 rings (SSSR count). The van der Waals surface area contributed by atoms with Gasteiger partial charge in [-0.3, -0.25) is 14.9 Å². The van der Waals surface area contributed by atoms with Crippen LogP contribution in [0.5, 0.6) is 0 Å². The molecule has 7 heteroatoms. The zero-order valence-electron chi connectivity index (χ0n) is 10.3. The fourth-order valence-electron chi connectivity index (χ4n) is 1.79. The van der Waals surface area contributed by atoms with Gasteiger partial charge >= 0.3 is 0 Å². The fraction of sp³-hybridized carbons (Fsp3) is 0.417. The number of nitro benzene ring substituents is 1. The molecular formula is C12H13ClN2O4. The minimum atomic E-state index is -0.616. The molecule has 0 bridgehead atoms. The van der Waals surface area contributed by atoms with Crippen LogP contribution < -0.4 is 5.32 Å². The van der Waals surface area contributed by atoms with Crippen LogP contribution in [-0.4, -0.2) is 30.6 Å². The summed E-state index contributed by atoms with van der Waals surface area (Å²) in [6.45, 7) is 3.56. The monoisotopic (exact) mass is 284 g/mol. The lowest BCUT2D eigenvalue weighted by Gasteiger charge is -2.37. The highest BCUT2D eigenvalue weighted by atomic mass is 35.5. The summed E-state index contributed by atoms with van der Waals surface area (Å²) >= 11 is 5.69. The van der Waals surface area contributed by atoms with E-state index in [1.54, 1.807) is 0 Å². The van der Waals surface area contributed by atoms with Gasteiger partial charge in [0.2, 0.25) is 0 Å². The lowest BCUT2D eigenvalue weighted by molar-refractivity contribution is -0.385. The number of carbonyl (C=O) groups excluding carboxylic acids is 1. The third-order valence-electron chi connectivity index (χ3n) is 2.98. The number of nitro groups is 1. The molecule has 0 atom stereocenters. The number of ether oxygens (including phenoxy) is 1. The van der Waals surface area contributed by atoms with Crippen LogP contribution in [0.1, 0.15) is 17.3 Å². The van der Waals surface area contributed by atoms with Gasteiger partial charge in [0.05, 0.1) is 18.1 Å². The Hall–Kier alpha value is -1.66. The summed E-state index contributed by atoms with van der Waals surface area (Å²) in [6, 6.07) is 3.98. The third-order valence-corrected chi connectivity index (χ3v) is 3.21. The molecule has 6 nitrogen and oxygen atoms in total. The van der Waals surface area contributed by atoms with E-state index in [4.69, 9.17) is 16.3 Å². The Balaban J connectivity index is 2.12. The molecule has 1 aromatic rings. The number of hydrogen-bond donors (Lipinski definition) is 1. The summed E-state index contributed by atoms with van der Waals surface area (Å²) in [6.07, 6.45) is 0. The maximum atomic E-state index is 12.0. The van der Waals surface area contributed by atoms with Gasteiger partial charge in [0, 0.05) is 23.0 Å². The summed E-state index contributed by atoms with van der Waals surface area (Å²) in [7, 11) is 0. The number of benzene rings is 1. The van der Waals surface area contributed by atoms with Crippen molar-refractivity contribution < 1.29 is 14.5 Å². The minimum absolute atomic E-state index is 0.0123. The van der Waals surface area contributed by atoms with Crippen LogP contribution in [0, 0.1) is 15.5 Å². The quantitative estimate of drug-likeness (QED) is 0.677. The number of carbonyl (C=O) groups is 1. The van der Waals surface area contributed by atoms with Gasteiger partial charge in [0.25, 0.3) is 11.6 Å². The molecular weight excluding hydrogens is 272 g/mol. The van der Waals surface area contributed by atoms with Crippen molar-refractivity contribution in [2.75, 3.05) is 19.8 Å². The number of nitrogens with zero attached hydrogens (tertiary/aromatic N) is 1. The largest absolute Gasteiger partial charge is 0.380 e. The molecule has 0 spiro atoms. The van der Waals surface area contributed by atoms with E-state index in [9.17, 15) is 14.9 Å². The summed E-state index contributed by atoms with van der Waals surface area (Å²) < 4.78 is 5.08. The number of amides is 1. The molecule has 1 fully saturated rings. The number of halogens is 1. The molecule has 0 saturated carbocycles. The van der Waals surface area contributed by atoms with E-state index in [1.165, 1.54) is 18.2 Å². The van der Waals surface area contributed by atoms with Crippen molar-refractivity contribution in [1.29, 1.82) is 0 Å². The first kappa shape index (κ1) is 13.8. The lowest BCUT2D eigenvalue weighted by atomic mass is 9.88. The zero-order chi connectivity index (χ0) is 14.0. The van der Waals surface area contributed by atoms with Gasteiger partial charge in [-0.25, -0.2) is 0 Å². The van der Waals surface area contributed by atoms with Gasteiger partial charge in [-0.15, -0.1) is 0 Å². The highest BCUT2D eigenvalue weighted by Gasteiger charge is 2.34. The first-order chi connectivity index (χ1) is 8.91. The molecule has 1 N–H and O–H groups in total. The predicted molar refractivity (Wildman–Crippen MR) is 69.4 cm³/mol. The molecule has 0 unspecified atom stereocenters. The van der Waals surface area contributed by atoms with E-state index >= 15 is 0 Å². The Kier molecular flexibility index (Phi) is 3.73. The number of hydrogen-bond acceptors (Lipinski definition) is 4. The predicted octanol–water partition coefficient (Wildman–Crippen LogP) is 2.01. The molecule has 1 aromatic carbocycles. The van der Waals surface area contributed by atoms with Crippen molar-refractivity contribution in [3.8, 4) is 0 Å². The average Bonchev–Trinajstić information content (AvgIpc) is 2.33. The molecule has 102 valence electrons. The molecule has 1 heterocycles. The van der Waals surface area contributed by atoms with E-state index in [1.807, 2.05) is 6.92 Å². The highest BCUT2D eigenvalue weighted by molar-refractivity contribution is 6.31. The van der Waals surface area contributed by atoms with Crippen LogP contribution in [-0.2, 0) is 4.74 Å². The van der Waals surface area contributed by atoms with Gasteiger partial charge in [0.15, 0.2) is 0 Å². The molecule has 0 aromatic heterocycles. The first-order valence-electron chi connectivity index (χ1n) is 5.71. The number of rotatable bonds is 4. The van der Waals surface area contributed by atoms with Crippen LogP contribution in [0.25, 0.3) is 0 Å². The maximum Gasteiger partial charge on any atom is 0.283 e. The van der Waals surface area contributed by atoms with Gasteiger partial charge in [-0.1, -0.05) is 18.5 Å². The van der Waals surface area contributed by atoms with Crippen LogP contribution in [0.4, 0.5) is 5.69 Å². The normalized spacial score (nSPS) is 16.5. The van der Waals surface area contributed by atoms with Crippen molar-refractivity contribution in [2.24, 2.45) is 5.41 Å². The van der Waals surface area contributed by atoms with Crippen molar-refractivity contribution in [3.05, 3.63) is 38.9 Å². The lowest BCUT2D eigenvalue weighted by Crippen LogP contribution is -2.48. The van der Waals surface area contributed by atoms with Gasteiger partial charge in [-0.05, 0) is 12.1 Å². The van der Waals surface area contributed by atoms with Crippen LogP contribution >= 0.6 is 11.6 Å². The summed E-state index contributed by atoms with van der Waals surface area (Å²) in [4.78, 5) is 22.2. The van der Waals surface area contributed by atoms with E-state index in [-0.39, 0.29) is 21.7 Å². The third kappa shape index (κ3) is 3.02. The van der Waals surface area contributed by atoms with Gasteiger partial charge in [0.1, 0.15) is 5.56 Å². The SMILES string of the molecule is CC1(CNC(=O)c2ccc(Cl)cc2[N+](=O)[O-])COC1. The number of nitrogens with one attached hydrogen (secondary N) is 1. The smallest absolute Gasteiger partial charge is 0.283 e. The fourth-order valence-corrected chi connectivity index (χ4v) is 1.96. The van der Waals surface area contributed by atoms with Crippen molar-refractivity contribution >= 4 is 23.2 Å². The minimum Gasteiger partial charge on any atom is -0.380 e. The molecule has 1 saturated heterocycles. The Morgan fingerprint density at radius 3 is 2.79 bits per heavy atom.